The molecule has 1 aromatic heterocycles. The van der Waals surface area contributed by atoms with Gasteiger partial charge in [-0.25, -0.2) is 9.18 Å². The summed E-state index contributed by atoms with van der Waals surface area (Å²) in [6, 6.07) is 6.44. The molecule has 0 radical (unpaired) electrons. The van der Waals surface area contributed by atoms with Crippen molar-refractivity contribution in [2.75, 3.05) is 5.32 Å². The molecule has 0 saturated carbocycles. The van der Waals surface area contributed by atoms with E-state index in [2.05, 4.69) is 5.32 Å². The maximum Gasteiger partial charge on any atom is 0.326 e. The number of rotatable bonds is 2. The third-order valence-electron chi connectivity index (χ3n) is 2.38. The second kappa shape index (κ2) is 6.02. The molecule has 1 heterocycles. The molecule has 104 valence electrons. The first kappa shape index (κ1) is 14.5. The normalized spacial score (nSPS) is 10.2. The number of aryl methyl sites for hydroxylation is 1. The summed E-state index contributed by atoms with van der Waals surface area (Å²) in [6.07, 6.45) is 0. The Hall–Kier alpha value is -1.92. The van der Waals surface area contributed by atoms with Crippen molar-refractivity contribution in [2.24, 2.45) is 0 Å². The van der Waals surface area contributed by atoms with Crippen LogP contribution >= 0.6 is 22.9 Å². The molecule has 0 aliphatic carbocycles. The Kier molecular flexibility index (Phi) is 4.36. The number of nitrogens with one attached hydrogen (secondary N) is 2. The fraction of sp³-hybridized carbons (Fsp3) is 0.0769. The molecule has 0 fully saturated rings. The summed E-state index contributed by atoms with van der Waals surface area (Å²) in [4.78, 5) is 24.4. The second-order valence-electron chi connectivity index (χ2n) is 3.94. The minimum absolute atomic E-state index is 0.178. The Morgan fingerprint density at radius 1 is 1.25 bits per heavy atom. The van der Waals surface area contributed by atoms with Crippen LogP contribution in [0.4, 0.5) is 14.2 Å². The Labute approximate surface area is 123 Å². The van der Waals surface area contributed by atoms with Gasteiger partial charge in [-0.2, -0.15) is 0 Å². The third-order valence-corrected chi connectivity index (χ3v) is 3.53. The predicted octanol–water partition coefficient (Wildman–Crippen LogP) is 3.81. The average Bonchev–Trinajstić information content (AvgIpc) is 2.74. The first-order valence-electron chi connectivity index (χ1n) is 5.59. The van der Waals surface area contributed by atoms with Gasteiger partial charge in [-0.05, 0) is 37.3 Å². The van der Waals surface area contributed by atoms with Crippen LogP contribution in [0.25, 0.3) is 0 Å². The molecule has 0 aliphatic heterocycles. The van der Waals surface area contributed by atoms with Crippen molar-refractivity contribution in [1.29, 1.82) is 0 Å². The van der Waals surface area contributed by atoms with Gasteiger partial charge in [0.15, 0.2) is 0 Å². The smallest absolute Gasteiger partial charge is 0.299 e. The van der Waals surface area contributed by atoms with Gasteiger partial charge in [-0.3, -0.25) is 15.4 Å². The van der Waals surface area contributed by atoms with E-state index in [0.29, 0.717) is 5.00 Å². The SMILES string of the molecule is Cc1ccc(NC(=O)NC(=O)c2ccc(Cl)cc2F)s1. The Morgan fingerprint density at radius 2 is 2.00 bits per heavy atom. The lowest BCUT2D eigenvalue weighted by atomic mass is 10.2. The molecule has 0 aliphatic rings. The number of thiophene rings is 1. The highest BCUT2D eigenvalue weighted by Crippen LogP contribution is 2.20. The van der Waals surface area contributed by atoms with E-state index in [1.54, 1.807) is 6.07 Å². The lowest BCUT2D eigenvalue weighted by Gasteiger charge is -2.06. The lowest BCUT2D eigenvalue weighted by Crippen LogP contribution is -2.34. The van der Waals surface area contributed by atoms with Crippen LogP contribution in [0.3, 0.4) is 0 Å². The summed E-state index contributed by atoms with van der Waals surface area (Å²) < 4.78 is 13.5. The summed E-state index contributed by atoms with van der Waals surface area (Å²) >= 11 is 6.96. The van der Waals surface area contributed by atoms with Gasteiger partial charge in [-0.1, -0.05) is 11.6 Å². The maximum absolute atomic E-state index is 13.5. The third kappa shape index (κ3) is 3.55. The van der Waals surface area contributed by atoms with Crippen LogP contribution in [0.5, 0.6) is 0 Å². The highest BCUT2D eigenvalue weighted by molar-refractivity contribution is 7.16. The summed E-state index contributed by atoms with van der Waals surface area (Å²) in [7, 11) is 0. The summed E-state index contributed by atoms with van der Waals surface area (Å²) in [5.74, 6) is -1.61. The van der Waals surface area contributed by atoms with E-state index in [0.717, 1.165) is 10.9 Å². The van der Waals surface area contributed by atoms with Crippen molar-refractivity contribution >= 4 is 39.9 Å². The topological polar surface area (TPSA) is 58.2 Å². The van der Waals surface area contributed by atoms with Crippen molar-refractivity contribution in [3.63, 3.8) is 0 Å². The Morgan fingerprint density at radius 3 is 2.60 bits per heavy atom. The molecule has 2 rings (SSSR count). The van der Waals surface area contributed by atoms with Gasteiger partial charge in [0.05, 0.1) is 10.6 Å². The van der Waals surface area contributed by atoms with Gasteiger partial charge in [0, 0.05) is 9.90 Å². The van der Waals surface area contributed by atoms with E-state index >= 15 is 0 Å². The number of hydrogen-bond donors (Lipinski definition) is 2. The predicted molar refractivity (Wildman–Crippen MR) is 77.0 cm³/mol. The average molecular weight is 313 g/mol. The van der Waals surface area contributed by atoms with Crippen LogP contribution in [-0.4, -0.2) is 11.9 Å². The summed E-state index contributed by atoms with van der Waals surface area (Å²) in [5, 5.41) is 5.32. The number of carbonyl (C=O) groups excluding carboxylic acids is 2. The molecule has 0 unspecified atom stereocenters. The molecule has 20 heavy (non-hydrogen) atoms. The largest absolute Gasteiger partial charge is 0.326 e. The van der Waals surface area contributed by atoms with Crippen molar-refractivity contribution < 1.29 is 14.0 Å². The quantitative estimate of drug-likeness (QED) is 0.886. The first-order valence-corrected chi connectivity index (χ1v) is 6.79. The number of anilines is 1. The van der Waals surface area contributed by atoms with Crippen molar-refractivity contribution in [2.45, 2.75) is 6.92 Å². The fourth-order valence-electron chi connectivity index (χ4n) is 1.49. The maximum atomic E-state index is 13.5. The Balaban J connectivity index is 2.02. The molecule has 1 aromatic carbocycles. The van der Waals surface area contributed by atoms with Crippen molar-refractivity contribution in [1.82, 2.24) is 5.32 Å². The van der Waals surface area contributed by atoms with E-state index in [1.807, 2.05) is 18.3 Å². The molecule has 2 N–H and O–H groups in total. The van der Waals surface area contributed by atoms with E-state index in [1.165, 1.54) is 23.5 Å². The van der Waals surface area contributed by atoms with E-state index in [-0.39, 0.29) is 10.6 Å². The number of urea groups is 1. The van der Waals surface area contributed by atoms with E-state index in [4.69, 9.17) is 11.6 Å². The van der Waals surface area contributed by atoms with Crippen LogP contribution < -0.4 is 10.6 Å². The molecule has 4 nitrogen and oxygen atoms in total. The molecule has 0 atom stereocenters. The first-order chi connectivity index (χ1) is 9.45. The monoisotopic (exact) mass is 312 g/mol. The minimum Gasteiger partial charge on any atom is -0.299 e. The molecule has 0 bridgehead atoms. The summed E-state index contributed by atoms with van der Waals surface area (Å²) in [5.41, 5.74) is -0.244. The lowest BCUT2D eigenvalue weighted by molar-refractivity contribution is 0.0963. The Bertz CT molecular complexity index is 672. The number of carbonyl (C=O) groups is 2. The highest BCUT2D eigenvalue weighted by atomic mass is 35.5. The van der Waals surface area contributed by atoms with E-state index in [9.17, 15) is 14.0 Å². The fourth-order valence-corrected chi connectivity index (χ4v) is 2.41. The molecule has 2 aromatic rings. The second-order valence-corrected chi connectivity index (χ2v) is 5.67. The van der Waals surface area contributed by atoms with Crippen LogP contribution in [0.15, 0.2) is 30.3 Å². The summed E-state index contributed by atoms with van der Waals surface area (Å²) in [6.45, 7) is 1.89. The van der Waals surface area contributed by atoms with Gasteiger partial charge in [0.1, 0.15) is 5.82 Å². The van der Waals surface area contributed by atoms with Gasteiger partial charge in [-0.15, -0.1) is 11.3 Å². The van der Waals surface area contributed by atoms with Gasteiger partial charge in [0.2, 0.25) is 0 Å². The molecular formula is C13H10ClFN2O2S. The van der Waals surface area contributed by atoms with Gasteiger partial charge >= 0.3 is 6.03 Å². The van der Waals surface area contributed by atoms with Crippen LogP contribution in [0.1, 0.15) is 15.2 Å². The number of hydrogen-bond acceptors (Lipinski definition) is 3. The minimum atomic E-state index is -0.829. The zero-order chi connectivity index (χ0) is 14.7. The number of imide groups is 1. The molecular weight excluding hydrogens is 303 g/mol. The molecule has 3 amide bonds. The zero-order valence-electron chi connectivity index (χ0n) is 10.4. The van der Waals surface area contributed by atoms with Crippen molar-refractivity contribution in [3.8, 4) is 0 Å². The number of amides is 3. The van der Waals surface area contributed by atoms with E-state index < -0.39 is 17.8 Å². The zero-order valence-corrected chi connectivity index (χ0v) is 11.9. The van der Waals surface area contributed by atoms with Crippen LogP contribution in [0.2, 0.25) is 5.02 Å². The van der Waals surface area contributed by atoms with Crippen molar-refractivity contribution in [3.05, 3.63) is 51.6 Å². The van der Waals surface area contributed by atoms with Crippen LogP contribution in [-0.2, 0) is 0 Å². The number of halogens is 2. The van der Waals surface area contributed by atoms with Gasteiger partial charge in [0.25, 0.3) is 5.91 Å². The molecule has 0 spiro atoms. The highest BCUT2D eigenvalue weighted by Gasteiger charge is 2.15. The molecule has 7 heteroatoms. The number of benzene rings is 1. The molecule has 0 saturated heterocycles. The van der Waals surface area contributed by atoms with Crippen LogP contribution in [0, 0.1) is 12.7 Å². The van der Waals surface area contributed by atoms with Gasteiger partial charge < -0.3 is 0 Å². The standard InChI is InChI=1S/C13H10ClFN2O2S/c1-7-2-5-11(20-7)16-13(19)17-12(18)9-4-3-8(14)6-10(9)15/h2-6H,1H3,(H2,16,17,18,19).